The summed E-state index contributed by atoms with van der Waals surface area (Å²) in [5, 5.41) is 17.5. The van der Waals surface area contributed by atoms with Gasteiger partial charge < -0.3 is 15.8 Å². The summed E-state index contributed by atoms with van der Waals surface area (Å²) < 4.78 is 0. The van der Waals surface area contributed by atoms with Crippen LogP contribution in [0.1, 0.15) is 10.5 Å². The van der Waals surface area contributed by atoms with E-state index in [0.29, 0.717) is 5.52 Å². The Hall–Kier alpha value is -2.50. The van der Waals surface area contributed by atoms with Crippen molar-refractivity contribution in [2.75, 3.05) is 7.05 Å². The molecule has 1 heterocycles. The molecule has 88 valence electrons. The number of aromatic nitrogens is 1. The summed E-state index contributed by atoms with van der Waals surface area (Å²) in [6, 6.07) is 6.60. The number of fused-ring (bicyclic) bond motifs is 1. The van der Waals surface area contributed by atoms with Crippen LogP contribution < -0.4 is 5.73 Å². The van der Waals surface area contributed by atoms with Crippen LogP contribution in [0.5, 0.6) is 5.75 Å². The van der Waals surface area contributed by atoms with Crippen LogP contribution in [-0.2, 0) is 0 Å². The fraction of sp³-hybridized carbons (Fsp3) is 0.0909. The summed E-state index contributed by atoms with van der Waals surface area (Å²) in [5.74, 6) is -0.682. The molecule has 0 saturated carbocycles. The summed E-state index contributed by atoms with van der Waals surface area (Å²) >= 11 is 0. The summed E-state index contributed by atoms with van der Waals surface area (Å²) in [6.45, 7) is 0. The number of para-hydroxylation sites is 1. The summed E-state index contributed by atoms with van der Waals surface area (Å²) in [4.78, 5) is 15.7. The number of amides is 1. The molecule has 2 rings (SSSR count). The van der Waals surface area contributed by atoms with Gasteiger partial charge in [0.2, 0.25) is 0 Å². The van der Waals surface area contributed by atoms with Crippen LogP contribution >= 0.6 is 0 Å². The van der Waals surface area contributed by atoms with Gasteiger partial charge in [-0.1, -0.05) is 12.1 Å². The Morgan fingerprint density at radius 2 is 2.24 bits per heavy atom. The summed E-state index contributed by atoms with van der Waals surface area (Å²) in [5.41, 5.74) is 5.99. The lowest BCUT2D eigenvalue weighted by atomic mass is 10.2. The number of nitrogens with one attached hydrogen (secondary N) is 2. The Morgan fingerprint density at radius 3 is 2.82 bits per heavy atom. The number of carbonyl (C=O) groups excluding carboxylic acids is 1. The fourth-order valence-electron chi connectivity index (χ4n) is 1.55. The van der Waals surface area contributed by atoms with Crippen LogP contribution in [0.2, 0.25) is 0 Å². The van der Waals surface area contributed by atoms with Gasteiger partial charge in [0, 0.05) is 12.4 Å². The van der Waals surface area contributed by atoms with Crippen molar-refractivity contribution >= 4 is 22.8 Å². The second-order valence-electron chi connectivity index (χ2n) is 3.67. The molecule has 0 fully saturated rings. The van der Waals surface area contributed by atoms with E-state index in [1.54, 1.807) is 18.2 Å². The molecule has 0 aliphatic heterocycles. The monoisotopic (exact) mass is 232 g/mol. The molecule has 0 radical (unpaired) electrons. The van der Waals surface area contributed by atoms with Gasteiger partial charge in [-0.2, -0.15) is 0 Å². The smallest absolute Gasteiger partial charge is 0.276 e. The molecule has 1 aromatic carbocycles. The van der Waals surface area contributed by atoms with E-state index in [1.165, 1.54) is 13.1 Å². The molecule has 0 spiro atoms. The van der Waals surface area contributed by atoms with Crippen molar-refractivity contribution in [1.29, 1.82) is 5.41 Å². The summed E-state index contributed by atoms with van der Waals surface area (Å²) in [7, 11) is 1.41. The van der Waals surface area contributed by atoms with E-state index in [4.69, 9.17) is 11.1 Å². The molecule has 5 N–H and O–H groups in total. The zero-order chi connectivity index (χ0) is 12.6. The molecule has 0 atom stereocenters. The number of aromatic hydroxyl groups is 1. The van der Waals surface area contributed by atoms with Crippen LogP contribution in [0, 0.1) is 5.41 Å². The molecular weight excluding hydrogens is 220 g/mol. The van der Waals surface area contributed by atoms with Gasteiger partial charge in [0.1, 0.15) is 11.4 Å². The minimum Gasteiger partial charge on any atom is -0.506 e. The number of hydrogen-bond donors (Lipinski definition) is 4. The average Bonchev–Trinajstić information content (AvgIpc) is 2.72. The number of H-pyrrole nitrogens is 1. The minimum atomic E-state index is -0.423. The third-order valence-electron chi connectivity index (χ3n) is 2.53. The Morgan fingerprint density at radius 1 is 1.53 bits per heavy atom. The molecule has 0 saturated heterocycles. The second kappa shape index (κ2) is 3.82. The molecule has 1 aromatic heterocycles. The Labute approximate surface area is 97.2 Å². The van der Waals surface area contributed by atoms with E-state index >= 15 is 0 Å². The lowest BCUT2D eigenvalue weighted by molar-refractivity contribution is 0.0864. The Bertz CT molecular complexity index is 603. The molecule has 0 aliphatic carbocycles. The van der Waals surface area contributed by atoms with Crippen molar-refractivity contribution in [3.63, 3.8) is 0 Å². The number of aromatic amines is 1. The van der Waals surface area contributed by atoms with E-state index in [0.717, 1.165) is 10.3 Å². The van der Waals surface area contributed by atoms with E-state index in [2.05, 4.69) is 4.98 Å². The first-order valence-corrected chi connectivity index (χ1v) is 4.93. The Kier molecular flexibility index (Phi) is 2.47. The molecule has 6 nitrogen and oxygen atoms in total. The lowest BCUT2D eigenvalue weighted by Crippen LogP contribution is -2.38. The molecule has 0 bridgehead atoms. The number of benzene rings is 1. The van der Waals surface area contributed by atoms with Gasteiger partial charge in [0.25, 0.3) is 5.91 Å². The largest absolute Gasteiger partial charge is 0.506 e. The highest BCUT2D eigenvalue weighted by atomic mass is 16.3. The highest BCUT2D eigenvalue weighted by molar-refractivity contribution is 6.06. The van der Waals surface area contributed by atoms with Crippen molar-refractivity contribution in [3.05, 3.63) is 30.0 Å². The minimum absolute atomic E-state index is 0.0760. The quantitative estimate of drug-likeness (QED) is 0.432. The highest BCUT2D eigenvalue weighted by Crippen LogP contribution is 2.24. The average molecular weight is 232 g/mol. The van der Waals surface area contributed by atoms with E-state index in [1.807, 2.05) is 0 Å². The standard InChI is InChI=1S/C11H12N4O2/c1-15(11(12)13)10(17)7-5-6-3-2-4-8(16)9(6)14-7/h2-5,14,16H,1H3,(H3,12,13). The predicted molar refractivity (Wildman–Crippen MR) is 64.0 cm³/mol. The van der Waals surface area contributed by atoms with Gasteiger partial charge in [-0.3, -0.25) is 15.1 Å². The predicted octanol–water partition coefficient (Wildman–Crippen LogP) is 0.839. The van der Waals surface area contributed by atoms with Gasteiger partial charge in [0.15, 0.2) is 5.96 Å². The van der Waals surface area contributed by atoms with Crippen LogP contribution in [0.25, 0.3) is 10.9 Å². The number of guanidine groups is 1. The lowest BCUT2D eigenvalue weighted by Gasteiger charge is -2.12. The molecule has 1 amide bonds. The summed E-state index contributed by atoms with van der Waals surface area (Å²) in [6.07, 6.45) is 0. The number of phenols is 1. The van der Waals surface area contributed by atoms with Gasteiger partial charge in [-0.05, 0) is 12.1 Å². The van der Waals surface area contributed by atoms with Crippen LogP contribution in [0.3, 0.4) is 0 Å². The van der Waals surface area contributed by atoms with E-state index in [9.17, 15) is 9.90 Å². The second-order valence-corrected chi connectivity index (χ2v) is 3.67. The van der Waals surface area contributed by atoms with Gasteiger partial charge in [0.05, 0.1) is 5.52 Å². The molecular formula is C11H12N4O2. The number of carbonyl (C=O) groups is 1. The van der Waals surface area contributed by atoms with Gasteiger partial charge in [-0.15, -0.1) is 0 Å². The molecule has 2 aromatic rings. The zero-order valence-electron chi connectivity index (χ0n) is 9.19. The molecule has 0 unspecified atom stereocenters. The van der Waals surface area contributed by atoms with Crippen molar-refractivity contribution in [2.24, 2.45) is 5.73 Å². The maximum absolute atomic E-state index is 11.9. The first-order chi connectivity index (χ1) is 8.00. The zero-order valence-corrected chi connectivity index (χ0v) is 9.19. The first-order valence-electron chi connectivity index (χ1n) is 4.93. The number of nitrogens with zero attached hydrogens (tertiary/aromatic N) is 1. The van der Waals surface area contributed by atoms with E-state index in [-0.39, 0.29) is 17.4 Å². The molecule has 6 heteroatoms. The molecule has 0 aliphatic rings. The van der Waals surface area contributed by atoms with Crippen molar-refractivity contribution < 1.29 is 9.90 Å². The SMILES string of the molecule is CN(C(=N)N)C(=O)c1cc2cccc(O)c2[nH]1. The fourth-order valence-corrected chi connectivity index (χ4v) is 1.55. The highest BCUT2D eigenvalue weighted by Gasteiger charge is 2.16. The molecule has 17 heavy (non-hydrogen) atoms. The Balaban J connectivity index is 2.47. The maximum Gasteiger partial charge on any atom is 0.276 e. The number of phenolic OH excluding ortho intramolecular Hbond substituents is 1. The van der Waals surface area contributed by atoms with Crippen molar-refractivity contribution in [1.82, 2.24) is 9.88 Å². The maximum atomic E-state index is 11.9. The van der Waals surface area contributed by atoms with Crippen LogP contribution in [0.4, 0.5) is 0 Å². The van der Waals surface area contributed by atoms with Crippen LogP contribution in [0.15, 0.2) is 24.3 Å². The number of rotatable bonds is 1. The third kappa shape index (κ3) is 1.80. The van der Waals surface area contributed by atoms with Crippen LogP contribution in [-0.4, -0.2) is 33.9 Å². The number of nitrogens with two attached hydrogens (primary N) is 1. The normalized spacial score (nSPS) is 10.4. The van der Waals surface area contributed by atoms with Gasteiger partial charge in [-0.25, -0.2) is 0 Å². The van der Waals surface area contributed by atoms with Gasteiger partial charge >= 0.3 is 0 Å². The van der Waals surface area contributed by atoms with E-state index < -0.39 is 5.91 Å². The topological polar surface area (TPSA) is 106 Å². The van der Waals surface area contributed by atoms with Crippen molar-refractivity contribution in [3.8, 4) is 5.75 Å². The first kappa shape index (κ1) is 11.0. The van der Waals surface area contributed by atoms with Crippen molar-refractivity contribution in [2.45, 2.75) is 0 Å². The number of hydrogen-bond acceptors (Lipinski definition) is 3. The third-order valence-corrected chi connectivity index (χ3v) is 2.53.